The number of methoxy groups -OCH3 is 1. The van der Waals surface area contributed by atoms with Crippen LogP contribution in [0, 0.1) is 0 Å². The predicted molar refractivity (Wildman–Crippen MR) is 74.7 cm³/mol. The van der Waals surface area contributed by atoms with Gasteiger partial charge in [0, 0.05) is 25.6 Å². The molecule has 7 nitrogen and oxygen atoms in total. The van der Waals surface area contributed by atoms with Crippen LogP contribution < -0.4 is 4.72 Å². The summed E-state index contributed by atoms with van der Waals surface area (Å²) in [7, 11) is -2.17. The number of ether oxygens (including phenoxy) is 1. The molecule has 1 aromatic carbocycles. The van der Waals surface area contributed by atoms with Crippen molar-refractivity contribution in [2.24, 2.45) is 0 Å². The molecule has 0 aliphatic rings. The van der Waals surface area contributed by atoms with Crippen LogP contribution in [0.25, 0.3) is 0 Å². The van der Waals surface area contributed by atoms with Gasteiger partial charge in [-0.1, -0.05) is 12.1 Å². The molecule has 0 heterocycles. The summed E-state index contributed by atoms with van der Waals surface area (Å²) in [5, 5.41) is 8.51. The van der Waals surface area contributed by atoms with Crippen molar-refractivity contribution in [3.05, 3.63) is 29.8 Å². The van der Waals surface area contributed by atoms with Gasteiger partial charge < -0.3 is 9.84 Å². The van der Waals surface area contributed by atoms with Gasteiger partial charge in [-0.2, -0.15) is 0 Å². The first-order valence-corrected chi connectivity index (χ1v) is 7.69. The van der Waals surface area contributed by atoms with E-state index in [0.717, 1.165) is 0 Å². The third kappa shape index (κ3) is 5.62. The summed E-state index contributed by atoms with van der Waals surface area (Å²) in [4.78, 5) is 22.1. The van der Waals surface area contributed by atoms with Crippen LogP contribution in [0.3, 0.4) is 0 Å². The summed E-state index contributed by atoms with van der Waals surface area (Å²) in [6.45, 7) is 0.406. The second-order valence-corrected chi connectivity index (χ2v) is 6.00. The third-order valence-corrected chi connectivity index (χ3v) is 4.13. The van der Waals surface area contributed by atoms with Crippen LogP contribution in [0.15, 0.2) is 29.2 Å². The molecule has 0 saturated carbocycles. The second kappa shape index (κ2) is 7.87. The Labute approximate surface area is 123 Å². The molecule has 0 radical (unpaired) electrons. The molecule has 2 N–H and O–H groups in total. The lowest BCUT2D eigenvalue weighted by Crippen LogP contribution is -2.27. The lowest BCUT2D eigenvalue weighted by Gasteiger charge is -2.07. The number of carbonyl (C=O) groups is 2. The number of sulfonamides is 1. The number of benzene rings is 1. The molecule has 116 valence electrons. The third-order valence-electron chi connectivity index (χ3n) is 2.65. The normalized spacial score (nSPS) is 11.3. The second-order valence-electron chi connectivity index (χ2n) is 4.23. The fourth-order valence-corrected chi connectivity index (χ4v) is 2.56. The highest BCUT2D eigenvalue weighted by molar-refractivity contribution is 7.89. The molecular formula is C13H17NO6S. The molecule has 8 heteroatoms. The van der Waals surface area contributed by atoms with Crippen molar-refractivity contribution < 1.29 is 27.9 Å². The maximum absolute atomic E-state index is 11.9. The predicted octanol–water partition coefficient (Wildman–Crippen LogP) is 0.659. The number of hydrogen-bond acceptors (Lipinski definition) is 5. The highest BCUT2D eigenvalue weighted by atomic mass is 32.2. The molecule has 0 saturated heterocycles. The zero-order valence-corrected chi connectivity index (χ0v) is 12.4. The smallest absolute Gasteiger partial charge is 0.303 e. The number of ketones is 1. The number of aliphatic carboxylic acids is 1. The fourth-order valence-electron chi connectivity index (χ4n) is 1.55. The first kappa shape index (κ1) is 17.3. The summed E-state index contributed by atoms with van der Waals surface area (Å²) in [5.41, 5.74) is 0.284. The van der Waals surface area contributed by atoms with Crippen molar-refractivity contribution in [3.8, 4) is 0 Å². The minimum absolute atomic E-state index is 0.0355. The summed E-state index contributed by atoms with van der Waals surface area (Å²) in [6, 6.07) is 5.36. The SMILES string of the molecule is COCCNS(=O)(=O)c1ccc(C(=O)CCC(=O)O)cc1. The Kier molecular flexibility index (Phi) is 6.47. The molecule has 0 amide bonds. The molecule has 0 aliphatic carbocycles. The summed E-state index contributed by atoms with van der Waals surface area (Å²) >= 11 is 0. The van der Waals surface area contributed by atoms with Gasteiger partial charge in [0.15, 0.2) is 5.78 Å². The van der Waals surface area contributed by atoms with Gasteiger partial charge >= 0.3 is 5.97 Å². The molecule has 21 heavy (non-hydrogen) atoms. The average Bonchev–Trinajstić information content (AvgIpc) is 2.45. The zero-order chi connectivity index (χ0) is 15.9. The number of hydrogen-bond donors (Lipinski definition) is 2. The fraction of sp³-hybridized carbons (Fsp3) is 0.385. The highest BCUT2D eigenvalue weighted by Crippen LogP contribution is 2.12. The Morgan fingerprint density at radius 2 is 1.81 bits per heavy atom. The Morgan fingerprint density at radius 1 is 1.19 bits per heavy atom. The maximum atomic E-state index is 11.9. The number of carbonyl (C=O) groups excluding carboxylic acids is 1. The van der Waals surface area contributed by atoms with E-state index in [4.69, 9.17) is 9.84 Å². The molecule has 1 aromatic rings. The minimum Gasteiger partial charge on any atom is -0.481 e. The number of Topliss-reactive ketones (excluding diaryl/α,β-unsaturated/α-hetero) is 1. The molecule has 0 bridgehead atoms. The average molecular weight is 315 g/mol. The van der Waals surface area contributed by atoms with Gasteiger partial charge in [0.2, 0.25) is 10.0 Å². The first-order valence-electron chi connectivity index (χ1n) is 6.20. The maximum Gasteiger partial charge on any atom is 0.303 e. The molecule has 0 aromatic heterocycles. The van der Waals surface area contributed by atoms with Crippen molar-refractivity contribution in [2.75, 3.05) is 20.3 Å². The van der Waals surface area contributed by atoms with Gasteiger partial charge in [-0.3, -0.25) is 9.59 Å². The topological polar surface area (TPSA) is 110 Å². The lowest BCUT2D eigenvalue weighted by atomic mass is 10.1. The number of rotatable bonds is 9. The van der Waals surface area contributed by atoms with Crippen molar-refractivity contribution in [3.63, 3.8) is 0 Å². The molecule has 0 spiro atoms. The van der Waals surface area contributed by atoms with E-state index in [1.54, 1.807) is 0 Å². The molecular weight excluding hydrogens is 298 g/mol. The first-order chi connectivity index (χ1) is 9.86. The van der Waals surface area contributed by atoms with Crippen LogP contribution >= 0.6 is 0 Å². The highest BCUT2D eigenvalue weighted by Gasteiger charge is 2.14. The Hall–Kier alpha value is -1.77. The lowest BCUT2D eigenvalue weighted by molar-refractivity contribution is -0.136. The van der Waals surface area contributed by atoms with Crippen LogP contribution in [0.4, 0.5) is 0 Å². The van der Waals surface area contributed by atoms with E-state index in [-0.39, 0.29) is 42.2 Å². The standard InChI is InChI=1S/C13H17NO6S/c1-20-9-8-14-21(18,19)11-4-2-10(3-5-11)12(15)6-7-13(16)17/h2-5,14H,6-9H2,1H3,(H,16,17). The van der Waals surface area contributed by atoms with Crippen molar-refractivity contribution in [1.82, 2.24) is 4.72 Å². The Morgan fingerprint density at radius 3 is 2.33 bits per heavy atom. The van der Waals surface area contributed by atoms with Crippen LogP contribution in [-0.2, 0) is 19.6 Å². The van der Waals surface area contributed by atoms with E-state index in [2.05, 4.69) is 4.72 Å². The van der Waals surface area contributed by atoms with Gasteiger partial charge in [0.05, 0.1) is 17.9 Å². The van der Waals surface area contributed by atoms with Crippen molar-refractivity contribution in [2.45, 2.75) is 17.7 Å². The van der Waals surface area contributed by atoms with E-state index in [0.29, 0.717) is 0 Å². The minimum atomic E-state index is -3.64. The largest absolute Gasteiger partial charge is 0.481 e. The number of carboxylic acid groups (broad SMARTS) is 1. The number of carboxylic acids is 1. The zero-order valence-electron chi connectivity index (χ0n) is 11.5. The van der Waals surface area contributed by atoms with Crippen molar-refractivity contribution >= 4 is 21.8 Å². The van der Waals surface area contributed by atoms with Crippen LogP contribution in [0.5, 0.6) is 0 Å². The van der Waals surface area contributed by atoms with E-state index in [1.807, 2.05) is 0 Å². The molecule has 0 unspecified atom stereocenters. The molecule has 0 aliphatic heterocycles. The summed E-state index contributed by atoms with van der Waals surface area (Å²) in [5.74, 6) is -1.39. The van der Waals surface area contributed by atoms with Crippen LogP contribution in [0.2, 0.25) is 0 Å². The van der Waals surface area contributed by atoms with E-state index < -0.39 is 16.0 Å². The van der Waals surface area contributed by atoms with E-state index >= 15 is 0 Å². The molecule has 0 atom stereocenters. The van der Waals surface area contributed by atoms with Crippen molar-refractivity contribution in [1.29, 1.82) is 0 Å². The van der Waals surface area contributed by atoms with E-state index in [9.17, 15) is 18.0 Å². The van der Waals surface area contributed by atoms with Gasteiger partial charge in [0.1, 0.15) is 0 Å². The quantitative estimate of drug-likeness (QED) is 0.512. The van der Waals surface area contributed by atoms with Gasteiger partial charge in [0.25, 0.3) is 0 Å². The summed E-state index contributed by atoms with van der Waals surface area (Å²) in [6.07, 6.45) is -0.370. The monoisotopic (exact) mass is 315 g/mol. The Balaban J connectivity index is 2.73. The Bertz CT molecular complexity index is 594. The van der Waals surface area contributed by atoms with Crippen LogP contribution in [-0.4, -0.2) is 45.5 Å². The van der Waals surface area contributed by atoms with Crippen LogP contribution in [0.1, 0.15) is 23.2 Å². The number of nitrogens with one attached hydrogen (secondary N) is 1. The van der Waals surface area contributed by atoms with Gasteiger partial charge in [-0.05, 0) is 12.1 Å². The molecule has 0 fully saturated rings. The van der Waals surface area contributed by atoms with Gasteiger partial charge in [-0.25, -0.2) is 13.1 Å². The van der Waals surface area contributed by atoms with Gasteiger partial charge in [-0.15, -0.1) is 0 Å². The molecule has 1 rings (SSSR count). The van der Waals surface area contributed by atoms with E-state index in [1.165, 1.54) is 31.4 Å². The summed E-state index contributed by atoms with van der Waals surface area (Å²) < 4.78 is 30.8.